The van der Waals surface area contributed by atoms with E-state index in [4.69, 9.17) is 0 Å². The summed E-state index contributed by atoms with van der Waals surface area (Å²) in [5, 5.41) is 1.46. The zero-order chi connectivity index (χ0) is 22.4. The molecule has 3 heterocycles. The lowest BCUT2D eigenvalue weighted by molar-refractivity contribution is 0.313. The maximum absolute atomic E-state index is 12.4. The highest BCUT2D eigenvalue weighted by Crippen LogP contribution is 2.36. The highest BCUT2D eigenvalue weighted by molar-refractivity contribution is 7.92. The quantitative estimate of drug-likeness (QED) is 0.433. The van der Waals surface area contributed by atoms with E-state index < -0.39 is 11.2 Å². The summed E-state index contributed by atoms with van der Waals surface area (Å²) >= 11 is -0.867. The number of hydrogen-bond acceptors (Lipinski definition) is 4. The van der Waals surface area contributed by atoms with Crippen LogP contribution in [0.15, 0.2) is 71.9 Å². The van der Waals surface area contributed by atoms with Gasteiger partial charge in [0.25, 0.3) is 0 Å². The Morgan fingerprint density at radius 1 is 0.909 bits per heavy atom. The molecule has 2 fully saturated rings. The molecule has 0 radical (unpaired) electrons. The molecule has 1 unspecified atom stereocenters. The number of piperazine rings is 1. The number of fused-ring (bicyclic) bond motifs is 1. The summed E-state index contributed by atoms with van der Waals surface area (Å²) in [6.07, 6.45) is 6.13. The predicted octanol–water partition coefficient (Wildman–Crippen LogP) is 4.92. The number of likely N-dealkylation sites (N-methyl/N-ethyl adjacent to an activating group) is 1. The van der Waals surface area contributed by atoms with Crippen LogP contribution in [0.4, 0.5) is 5.69 Å². The highest BCUT2D eigenvalue weighted by atomic mass is 32.2. The molecular weight excluding hydrogens is 428 g/mol. The number of rotatable bonds is 5. The second-order valence-corrected chi connectivity index (χ2v) is 10.9. The summed E-state index contributed by atoms with van der Waals surface area (Å²) in [5.74, 6) is 0. The molecule has 1 N–H and O–H groups in total. The Balaban J connectivity index is 1.27. The molecule has 0 spiro atoms. The molecule has 6 heteroatoms. The van der Waals surface area contributed by atoms with Crippen molar-refractivity contribution in [3.05, 3.63) is 67.0 Å². The molecule has 1 aliphatic heterocycles. The van der Waals surface area contributed by atoms with Gasteiger partial charge in [-0.3, -0.25) is 0 Å². The van der Waals surface area contributed by atoms with E-state index in [-0.39, 0.29) is 0 Å². The minimum atomic E-state index is -0.867. The van der Waals surface area contributed by atoms with E-state index in [0.717, 1.165) is 71.6 Å². The molecule has 2 aliphatic rings. The molecule has 4 aromatic rings. The van der Waals surface area contributed by atoms with E-state index in [9.17, 15) is 4.55 Å². The van der Waals surface area contributed by atoms with Gasteiger partial charge in [0.2, 0.25) is 0 Å². The summed E-state index contributed by atoms with van der Waals surface area (Å²) in [6, 6.07) is 19.2. The minimum Gasteiger partial charge on any atom is -0.611 e. The number of nitrogens with zero attached hydrogens (tertiary/aromatic N) is 3. The Hall–Kier alpha value is -2.80. The Labute approximate surface area is 197 Å². The van der Waals surface area contributed by atoms with Gasteiger partial charge in [0.15, 0.2) is 4.90 Å². The fraction of sp³-hybridized carbons (Fsp3) is 0.296. The van der Waals surface area contributed by atoms with Crippen LogP contribution in [0.2, 0.25) is 0 Å². The van der Waals surface area contributed by atoms with Gasteiger partial charge < -0.3 is 19.3 Å². The van der Waals surface area contributed by atoms with Gasteiger partial charge >= 0.3 is 0 Å². The van der Waals surface area contributed by atoms with Crippen LogP contribution in [0.25, 0.3) is 33.3 Å². The zero-order valence-corrected chi connectivity index (χ0v) is 19.6. The maximum atomic E-state index is 12.4. The van der Waals surface area contributed by atoms with Gasteiger partial charge in [-0.2, -0.15) is 0 Å². The molecule has 168 valence electrons. The smallest absolute Gasteiger partial charge is 0.152 e. The topological polar surface area (TPSA) is 58.2 Å². The van der Waals surface area contributed by atoms with Crippen molar-refractivity contribution in [2.45, 2.75) is 23.0 Å². The van der Waals surface area contributed by atoms with Crippen molar-refractivity contribution < 1.29 is 4.55 Å². The van der Waals surface area contributed by atoms with Gasteiger partial charge in [0, 0.05) is 73.6 Å². The van der Waals surface area contributed by atoms with Crippen LogP contribution in [0.5, 0.6) is 0 Å². The Morgan fingerprint density at radius 3 is 2.30 bits per heavy atom. The summed E-state index contributed by atoms with van der Waals surface area (Å²) < 4.78 is 12.4. The molecule has 6 rings (SSSR count). The number of hydrogen-bond donors (Lipinski definition) is 1. The monoisotopic (exact) mass is 456 g/mol. The van der Waals surface area contributed by atoms with Crippen molar-refractivity contribution in [2.75, 3.05) is 38.1 Å². The Kier molecular flexibility index (Phi) is 5.37. The lowest BCUT2D eigenvalue weighted by Gasteiger charge is -2.34. The van der Waals surface area contributed by atoms with Gasteiger partial charge in [-0.05, 0) is 71.8 Å². The van der Waals surface area contributed by atoms with Crippen LogP contribution < -0.4 is 4.90 Å². The Morgan fingerprint density at radius 2 is 1.61 bits per heavy atom. The molecule has 2 aromatic heterocycles. The predicted molar refractivity (Wildman–Crippen MR) is 136 cm³/mol. The van der Waals surface area contributed by atoms with E-state index in [1.807, 2.05) is 24.5 Å². The van der Waals surface area contributed by atoms with Crippen molar-refractivity contribution >= 4 is 27.9 Å². The van der Waals surface area contributed by atoms with E-state index >= 15 is 0 Å². The standard InChI is InChI=1S/C27H28N4OS/c1-30-12-14-31(15-13-30)22-6-2-19(3-7-22)21-16-25-26(18-29-27(25)28-17-21)20-4-8-23(9-5-20)33(32)24-10-11-24/h2-9,16-18,24H,10-15H2,1H3,(H,28,29). The van der Waals surface area contributed by atoms with Gasteiger partial charge in [0.1, 0.15) is 10.9 Å². The molecule has 33 heavy (non-hydrogen) atoms. The van der Waals surface area contributed by atoms with Gasteiger partial charge in [-0.25, -0.2) is 4.98 Å². The Bertz CT molecular complexity index is 1260. The first-order chi connectivity index (χ1) is 16.2. The number of anilines is 1. The van der Waals surface area contributed by atoms with E-state index in [2.05, 4.69) is 69.3 Å². The van der Waals surface area contributed by atoms with Crippen molar-refractivity contribution in [1.82, 2.24) is 14.9 Å². The second kappa shape index (κ2) is 8.52. The van der Waals surface area contributed by atoms with E-state index in [0.29, 0.717) is 5.25 Å². The molecule has 2 aromatic carbocycles. The number of H-pyrrole nitrogens is 1. The van der Waals surface area contributed by atoms with Crippen molar-refractivity contribution in [3.63, 3.8) is 0 Å². The fourth-order valence-electron chi connectivity index (χ4n) is 4.57. The van der Waals surface area contributed by atoms with Gasteiger partial charge in [-0.15, -0.1) is 0 Å². The molecule has 0 amide bonds. The highest BCUT2D eigenvalue weighted by Gasteiger charge is 2.35. The number of aromatic nitrogens is 2. The van der Waals surface area contributed by atoms with Gasteiger partial charge in [-0.1, -0.05) is 12.1 Å². The summed E-state index contributed by atoms with van der Waals surface area (Å²) in [6.45, 7) is 4.36. The lowest BCUT2D eigenvalue weighted by atomic mass is 10.0. The molecule has 1 aliphatic carbocycles. The molecule has 5 nitrogen and oxygen atoms in total. The third-order valence-corrected chi connectivity index (χ3v) is 8.64. The van der Waals surface area contributed by atoms with Crippen LogP contribution in [0.3, 0.4) is 0 Å². The van der Waals surface area contributed by atoms with Crippen molar-refractivity contribution in [1.29, 1.82) is 0 Å². The van der Waals surface area contributed by atoms with E-state index in [1.54, 1.807) is 0 Å². The van der Waals surface area contributed by atoms with Crippen molar-refractivity contribution in [2.24, 2.45) is 0 Å². The summed E-state index contributed by atoms with van der Waals surface area (Å²) in [5.41, 5.74) is 6.68. The third-order valence-electron chi connectivity index (χ3n) is 6.82. The maximum Gasteiger partial charge on any atom is 0.152 e. The van der Waals surface area contributed by atoms with Crippen LogP contribution in [-0.2, 0) is 11.2 Å². The first-order valence-electron chi connectivity index (χ1n) is 11.7. The lowest BCUT2D eigenvalue weighted by Crippen LogP contribution is -2.44. The average molecular weight is 457 g/mol. The van der Waals surface area contributed by atoms with Crippen LogP contribution in [0.1, 0.15) is 12.8 Å². The minimum absolute atomic E-state index is 0.360. The first-order valence-corrected chi connectivity index (χ1v) is 12.9. The zero-order valence-electron chi connectivity index (χ0n) is 18.8. The fourth-order valence-corrected chi connectivity index (χ4v) is 5.93. The molecule has 1 saturated heterocycles. The number of nitrogens with one attached hydrogen (secondary N) is 1. The van der Waals surface area contributed by atoms with Crippen LogP contribution in [0, 0.1) is 0 Å². The van der Waals surface area contributed by atoms with E-state index in [1.165, 1.54) is 11.3 Å². The molecule has 1 saturated carbocycles. The second-order valence-electron chi connectivity index (χ2n) is 9.18. The number of benzene rings is 2. The first kappa shape index (κ1) is 20.8. The SMILES string of the molecule is CN1CCN(c2ccc(-c3cnc4[nH]cc(-c5ccc([S+]([O-])C6CC6)cc5)c4c3)cc2)CC1. The third kappa shape index (κ3) is 4.14. The molecular formula is C27H28N4OS. The summed E-state index contributed by atoms with van der Waals surface area (Å²) in [7, 11) is 2.18. The summed E-state index contributed by atoms with van der Waals surface area (Å²) in [4.78, 5) is 13.7. The molecule has 1 atom stereocenters. The average Bonchev–Trinajstić information content (AvgIpc) is 3.63. The largest absolute Gasteiger partial charge is 0.611 e. The number of pyridine rings is 1. The van der Waals surface area contributed by atoms with Crippen molar-refractivity contribution in [3.8, 4) is 22.3 Å². The van der Waals surface area contributed by atoms with Gasteiger partial charge in [0.05, 0.1) is 0 Å². The molecule has 0 bridgehead atoms. The number of aromatic amines is 1. The van der Waals surface area contributed by atoms with Crippen LogP contribution >= 0.6 is 0 Å². The van der Waals surface area contributed by atoms with Crippen LogP contribution in [-0.4, -0.2) is 57.9 Å². The normalized spacial score (nSPS) is 18.1.